The van der Waals surface area contributed by atoms with Gasteiger partial charge in [0.05, 0.1) is 35.2 Å². The molecule has 0 aliphatic carbocycles. The molecule has 0 aromatic heterocycles. The fourth-order valence-electron chi connectivity index (χ4n) is 2.02. The van der Waals surface area contributed by atoms with Crippen LogP contribution in [0, 0.1) is 0 Å². The van der Waals surface area contributed by atoms with Crippen LogP contribution < -0.4 is 0 Å². The highest BCUT2D eigenvalue weighted by Crippen LogP contribution is 2.11. The predicted molar refractivity (Wildman–Crippen MR) is 79.4 cm³/mol. The predicted octanol–water partition coefficient (Wildman–Crippen LogP) is 2.53. The molecule has 0 radical (unpaired) electrons. The van der Waals surface area contributed by atoms with E-state index < -0.39 is 0 Å². The summed E-state index contributed by atoms with van der Waals surface area (Å²) in [6, 6.07) is 9.08. The smallest absolute Gasteiger partial charge is 0.128 e. The molecule has 0 saturated carbocycles. The van der Waals surface area contributed by atoms with Crippen LogP contribution in [0.1, 0.15) is 18.1 Å². The highest BCUT2D eigenvalue weighted by Gasteiger charge is 2.20. The van der Waals surface area contributed by atoms with Crippen molar-refractivity contribution in [1.82, 2.24) is 0 Å². The lowest BCUT2D eigenvalue weighted by molar-refractivity contribution is -0.945. The zero-order valence-corrected chi connectivity index (χ0v) is 13.0. The molecular weight excluding hydrogens is 220 g/mol. The fraction of sp³-hybridized carbons (Fsp3) is 0.625. The van der Waals surface area contributed by atoms with Gasteiger partial charge in [-0.1, -0.05) is 31.2 Å². The van der Waals surface area contributed by atoms with Gasteiger partial charge >= 0.3 is 0 Å². The second kappa shape index (κ2) is 5.85. The molecule has 0 bridgehead atoms. The van der Waals surface area contributed by atoms with E-state index in [1.807, 2.05) is 0 Å². The lowest BCUT2D eigenvalue weighted by Gasteiger charge is -2.33. The maximum atomic E-state index is 2.32. The van der Waals surface area contributed by atoms with E-state index in [2.05, 4.69) is 66.4 Å². The Bertz CT molecular complexity index is 358. The number of hydrogen-bond donors (Lipinski definition) is 0. The van der Waals surface area contributed by atoms with Crippen molar-refractivity contribution in [3.63, 3.8) is 0 Å². The Kier molecular flexibility index (Phi) is 4.94. The first-order valence-electron chi connectivity index (χ1n) is 6.92. The quantitative estimate of drug-likeness (QED) is 0.681. The third-order valence-electron chi connectivity index (χ3n) is 3.42. The standard InChI is InChI=1S/C16H30N2/c1-7-15-8-10-16(11-9-15)14-18(5,6)13-12-17(2,3)4/h8-11H,7,12-14H2,1-6H3/q+2. The summed E-state index contributed by atoms with van der Waals surface area (Å²) in [6.07, 6.45) is 1.13. The third kappa shape index (κ3) is 5.65. The monoisotopic (exact) mass is 250 g/mol. The average Bonchev–Trinajstić information content (AvgIpc) is 2.26. The van der Waals surface area contributed by atoms with E-state index in [1.165, 1.54) is 24.2 Å². The minimum Gasteiger partial charge on any atom is -0.326 e. The summed E-state index contributed by atoms with van der Waals surface area (Å²) in [4.78, 5) is 0. The molecule has 1 aromatic rings. The Hall–Kier alpha value is -0.860. The average molecular weight is 250 g/mol. The van der Waals surface area contributed by atoms with Gasteiger partial charge in [-0.15, -0.1) is 0 Å². The van der Waals surface area contributed by atoms with E-state index in [0.717, 1.165) is 21.9 Å². The van der Waals surface area contributed by atoms with Crippen LogP contribution in [0.3, 0.4) is 0 Å². The molecule has 0 heterocycles. The minimum atomic E-state index is 1.04. The summed E-state index contributed by atoms with van der Waals surface area (Å²) < 4.78 is 2.09. The van der Waals surface area contributed by atoms with E-state index in [1.54, 1.807) is 0 Å². The summed E-state index contributed by atoms with van der Waals surface area (Å²) in [5.74, 6) is 0. The molecule has 0 spiro atoms. The number of aryl methyl sites for hydroxylation is 1. The van der Waals surface area contributed by atoms with Crippen LogP contribution in [0.15, 0.2) is 24.3 Å². The van der Waals surface area contributed by atoms with E-state index in [0.29, 0.717) is 0 Å². The molecule has 18 heavy (non-hydrogen) atoms. The molecular formula is C16H30N2+2. The molecule has 0 amide bonds. The second-order valence-electron chi connectivity index (χ2n) is 7.00. The Morgan fingerprint density at radius 3 is 1.72 bits per heavy atom. The summed E-state index contributed by atoms with van der Waals surface area (Å²) in [5, 5.41) is 0. The molecule has 1 aromatic carbocycles. The van der Waals surface area contributed by atoms with Crippen LogP contribution >= 0.6 is 0 Å². The van der Waals surface area contributed by atoms with Crippen molar-refractivity contribution in [1.29, 1.82) is 0 Å². The Balaban J connectivity index is 2.58. The van der Waals surface area contributed by atoms with Crippen LogP contribution in [-0.4, -0.2) is 57.3 Å². The summed E-state index contributed by atoms with van der Waals surface area (Å²) in [7, 11) is 11.4. The van der Waals surface area contributed by atoms with Gasteiger partial charge in [0.25, 0.3) is 0 Å². The first-order valence-corrected chi connectivity index (χ1v) is 6.92. The molecule has 0 fully saturated rings. The second-order valence-corrected chi connectivity index (χ2v) is 7.00. The van der Waals surface area contributed by atoms with Crippen LogP contribution in [0.2, 0.25) is 0 Å². The Labute approximate surface area is 113 Å². The van der Waals surface area contributed by atoms with Gasteiger partial charge in [0.2, 0.25) is 0 Å². The SMILES string of the molecule is CCc1ccc(C[N+](C)(C)CC[N+](C)(C)C)cc1. The molecule has 0 N–H and O–H groups in total. The number of benzene rings is 1. The number of likely N-dealkylation sites (N-methyl/N-ethyl adjacent to an activating group) is 2. The molecule has 102 valence electrons. The van der Waals surface area contributed by atoms with Gasteiger partial charge in [0, 0.05) is 5.56 Å². The van der Waals surface area contributed by atoms with Gasteiger partial charge < -0.3 is 8.97 Å². The number of hydrogen-bond acceptors (Lipinski definition) is 0. The molecule has 1 rings (SSSR count). The highest BCUT2D eigenvalue weighted by atomic mass is 15.4. The normalized spacial score (nSPS) is 12.8. The highest BCUT2D eigenvalue weighted by molar-refractivity contribution is 5.21. The van der Waals surface area contributed by atoms with Crippen molar-refractivity contribution in [2.75, 3.05) is 48.3 Å². The summed E-state index contributed by atoms with van der Waals surface area (Å²) in [5.41, 5.74) is 2.87. The van der Waals surface area contributed by atoms with Crippen molar-refractivity contribution in [3.05, 3.63) is 35.4 Å². The topological polar surface area (TPSA) is 0 Å². The molecule has 0 aliphatic rings. The van der Waals surface area contributed by atoms with Crippen molar-refractivity contribution in [2.45, 2.75) is 19.9 Å². The van der Waals surface area contributed by atoms with Gasteiger partial charge in [0.1, 0.15) is 19.6 Å². The van der Waals surface area contributed by atoms with E-state index in [9.17, 15) is 0 Å². The van der Waals surface area contributed by atoms with Crippen molar-refractivity contribution in [2.24, 2.45) is 0 Å². The summed E-state index contributed by atoms with van der Waals surface area (Å²) in [6.45, 7) is 5.74. The largest absolute Gasteiger partial charge is 0.326 e. The number of quaternary nitrogens is 2. The minimum absolute atomic E-state index is 1.04. The molecule has 2 heteroatoms. The van der Waals surface area contributed by atoms with E-state index in [-0.39, 0.29) is 0 Å². The van der Waals surface area contributed by atoms with Crippen molar-refractivity contribution >= 4 is 0 Å². The van der Waals surface area contributed by atoms with Gasteiger partial charge in [-0.25, -0.2) is 0 Å². The number of nitrogens with zero attached hydrogens (tertiary/aromatic N) is 2. The fourth-order valence-corrected chi connectivity index (χ4v) is 2.02. The maximum absolute atomic E-state index is 2.32. The molecule has 0 unspecified atom stereocenters. The van der Waals surface area contributed by atoms with Crippen molar-refractivity contribution in [3.8, 4) is 0 Å². The Morgan fingerprint density at radius 1 is 0.778 bits per heavy atom. The van der Waals surface area contributed by atoms with Gasteiger partial charge in [0.15, 0.2) is 0 Å². The van der Waals surface area contributed by atoms with Gasteiger partial charge in [-0.2, -0.15) is 0 Å². The molecule has 2 nitrogen and oxygen atoms in total. The van der Waals surface area contributed by atoms with Crippen LogP contribution in [0.25, 0.3) is 0 Å². The maximum Gasteiger partial charge on any atom is 0.128 e. The van der Waals surface area contributed by atoms with Gasteiger partial charge in [-0.05, 0) is 12.0 Å². The van der Waals surface area contributed by atoms with Crippen LogP contribution in [-0.2, 0) is 13.0 Å². The van der Waals surface area contributed by atoms with E-state index in [4.69, 9.17) is 0 Å². The van der Waals surface area contributed by atoms with E-state index >= 15 is 0 Å². The molecule has 0 aliphatic heterocycles. The number of rotatable bonds is 6. The first kappa shape index (κ1) is 15.2. The van der Waals surface area contributed by atoms with Crippen LogP contribution in [0.5, 0.6) is 0 Å². The first-order chi connectivity index (χ1) is 8.22. The molecule has 0 atom stereocenters. The van der Waals surface area contributed by atoms with Crippen molar-refractivity contribution < 1.29 is 8.97 Å². The third-order valence-corrected chi connectivity index (χ3v) is 3.42. The van der Waals surface area contributed by atoms with Crippen LogP contribution in [0.4, 0.5) is 0 Å². The zero-order chi connectivity index (χ0) is 13.8. The lowest BCUT2D eigenvalue weighted by Crippen LogP contribution is -2.48. The summed E-state index contributed by atoms with van der Waals surface area (Å²) >= 11 is 0. The Morgan fingerprint density at radius 2 is 1.28 bits per heavy atom. The lowest BCUT2D eigenvalue weighted by atomic mass is 10.1. The molecule has 0 saturated heterocycles. The van der Waals surface area contributed by atoms with Gasteiger partial charge in [-0.3, -0.25) is 0 Å². The zero-order valence-electron chi connectivity index (χ0n) is 13.0.